The molecule has 0 aliphatic heterocycles. The van der Waals surface area contributed by atoms with Crippen LogP contribution in [0.1, 0.15) is 16.2 Å². The lowest BCUT2D eigenvalue weighted by molar-refractivity contribution is 0.0924. The molecule has 0 saturated carbocycles. The molecule has 0 unspecified atom stereocenters. The molecule has 25 heavy (non-hydrogen) atoms. The molecule has 0 radical (unpaired) electrons. The molecule has 1 N–H and O–H groups in total. The summed E-state index contributed by atoms with van der Waals surface area (Å²) < 4.78 is 21.3. The number of benzene rings is 1. The van der Waals surface area contributed by atoms with Gasteiger partial charge in [-0.1, -0.05) is 17.3 Å². The largest absolute Gasteiger partial charge is 0.493 e. The molecule has 4 aromatic rings. The summed E-state index contributed by atoms with van der Waals surface area (Å²) in [5, 5.41) is 7.45. The second-order valence-electron chi connectivity index (χ2n) is 5.33. The smallest absolute Gasteiger partial charge is 0.287 e. The van der Waals surface area contributed by atoms with E-state index in [9.17, 15) is 4.79 Å². The van der Waals surface area contributed by atoms with Crippen LogP contribution in [0, 0.1) is 0 Å². The third-order valence-electron chi connectivity index (χ3n) is 3.70. The summed E-state index contributed by atoms with van der Waals surface area (Å²) in [6.07, 6.45) is 1.55. The molecular formula is C18H14N2O5. The molecule has 0 fully saturated rings. The van der Waals surface area contributed by atoms with Crippen LogP contribution < -0.4 is 10.1 Å². The molecular weight excluding hydrogens is 324 g/mol. The van der Waals surface area contributed by atoms with Crippen LogP contribution in [0.2, 0.25) is 0 Å². The number of amides is 1. The SMILES string of the molecule is COc1cccc2cc(C(=O)NCc3cc(-c4ccco4)on3)oc12. The minimum absolute atomic E-state index is 0.203. The summed E-state index contributed by atoms with van der Waals surface area (Å²) in [6, 6.07) is 12.4. The van der Waals surface area contributed by atoms with Crippen LogP contribution in [0.5, 0.6) is 5.75 Å². The maximum Gasteiger partial charge on any atom is 0.287 e. The Morgan fingerprint density at radius 1 is 1.20 bits per heavy atom. The minimum atomic E-state index is -0.346. The Labute approximate surface area is 142 Å². The van der Waals surface area contributed by atoms with Crippen LogP contribution in [0.25, 0.3) is 22.5 Å². The van der Waals surface area contributed by atoms with Crippen molar-refractivity contribution in [1.29, 1.82) is 0 Å². The number of furan rings is 2. The van der Waals surface area contributed by atoms with Crippen molar-refractivity contribution in [1.82, 2.24) is 10.5 Å². The van der Waals surface area contributed by atoms with Crippen LogP contribution in [-0.4, -0.2) is 18.2 Å². The number of nitrogens with one attached hydrogen (secondary N) is 1. The quantitative estimate of drug-likeness (QED) is 0.598. The second-order valence-corrected chi connectivity index (χ2v) is 5.33. The number of carbonyl (C=O) groups is 1. The predicted molar refractivity (Wildman–Crippen MR) is 88.1 cm³/mol. The molecule has 0 spiro atoms. The highest BCUT2D eigenvalue weighted by Gasteiger charge is 2.16. The Kier molecular flexibility index (Phi) is 3.74. The van der Waals surface area contributed by atoms with Crippen LogP contribution in [0.4, 0.5) is 0 Å². The van der Waals surface area contributed by atoms with E-state index >= 15 is 0 Å². The first-order valence-corrected chi connectivity index (χ1v) is 7.59. The van der Waals surface area contributed by atoms with E-state index in [4.69, 9.17) is 18.1 Å². The molecule has 1 amide bonds. The summed E-state index contributed by atoms with van der Waals surface area (Å²) in [4.78, 5) is 12.3. The Morgan fingerprint density at radius 2 is 2.12 bits per heavy atom. The fraction of sp³-hybridized carbons (Fsp3) is 0.111. The van der Waals surface area contributed by atoms with Crippen LogP contribution in [-0.2, 0) is 6.54 Å². The van der Waals surface area contributed by atoms with Gasteiger partial charge in [0.05, 0.1) is 19.9 Å². The lowest BCUT2D eigenvalue weighted by atomic mass is 10.2. The number of aromatic nitrogens is 1. The van der Waals surface area contributed by atoms with Gasteiger partial charge in [-0.25, -0.2) is 0 Å². The van der Waals surface area contributed by atoms with Crippen molar-refractivity contribution in [2.45, 2.75) is 6.54 Å². The molecule has 0 atom stereocenters. The summed E-state index contributed by atoms with van der Waals surface area (Å²) in [5.41, 5.74) is 1.12. The van der Waals surface area contributed by atoms with Gasteiger partial charge in [0.15, 0.2) is 22.9 Å². The number of ether oxygens (including phenoxy) is 1. The molecule has 1 aromatic carbocycles. The summed E-state index contributed by atoms with van der Waals surface area (Å²) in [7, 11) is 1.55. The highest BCUT2D eigenvalue weighted by atomic mass is 16.5. The highest BCUT2D eigenvalue weighted by Crippen LogP contribution is 2.28. The van der Waals surface area contributed by atoms with Crippen molar-refractivity contribution < 1.29 is 22.9 Å². The van der Waals surface area contributed by atoms with Gasteiger partial charge in [-0.3, -0.25) is 4.79 Å². The predicted octanol–water partition coefficient (Wildman–Crippen LogP) is 3.62. The van der Waals surface area contributed by atoms with Gasteiger partial charge in [-0.2, -0.15) is 0 Å². The van der Waals surface area contributed by atoms with Gasteiger partial charge in [-0.15, -0.1) is 0 Å². The van der Waals surface area contributed by atoms with Gasteiger partial charge >= 0.3 is 0 Å². The lowest BCUT2D eigenvalue weighted by Gasteiger charge is -2.00. The second kappa shape index (κ2) is 6.20. The van der Waals surface area contributed by atoms with E-state index in [0.29, 0.717) is 28.5 Å². The molecule has 0 bridgehead atoms. The van der Waals surface area contributed by atoms with E-state index in [-0.39, 0.29) is 18.2 Å². The van der Waals surface area contributed by atoms with Gasteiger partial charge in [-0.05, 0) is 24.3 Å². The summed E-state index contributed by atoms with van der Waals surface area (Å²) in [5.74, 6) is 1.52. The standard InChI is InChI=1S/C18H14N2O5/c1-22-14-5-2-4-11-8-16(24-17(11)14)18(21)19-10-12-9-15(25-20-12)13-6-3-7-23-13/h2-9H,10H2,1H3,(H,19,21). The van der Waals surface area contributed by atoms with Crippen molar-refractivity contribution in [2.75, 3.05) is 7.11 Å². The molecule has 0 saturated heterocycles. The third-order valence-corrected chi connectivity index (χ3v) is 3.70. The minimum Gasteiger partial charge on any atom is -0.493 e. The zero-order valence-corrected chi connectivity index (χ0v) is 13.3. The molecule has 126 valence electrons. The molecule has 3 heterocycles. The number of rotatable bonds is 5. The van der Waals surface area contributed by atoms with E-state index < -0.39 is 0 Å². The van der Waals surface area contributed by atoms with Crippen molar-refractivity contribution in [2.24, 2.45) is 0 Å². The van der Waals surface area contributed by atoms with E-state index in [2.05, 4.69) is 10.5 Å². The average molecular weight is 338 g/mol. The van der Waals surface area contributed by atoms with Crippen molar-refractivity contribution in [3.05, 3.63) is 60.2 Å². The molecule has 3 aromatic heterocycles. The number of hydrogen-bond donors (Lipinski definition) is 1. The maximum absolute atomic E-state index is 12.3. The first-order valence-electron chi connectivity index (χ1n) is 7.59. The number of fused-ring (bicyclic) bond motifs is 1. The van der Waals surface area contributed by atoms with Gasteiger partial charge < -0.3 is 23.4 Å². The van der Waals surface area contributed by atoms with Gasteiger partial charge in [0, 0.05) is 11.5 Å². The van der Waals surface area contributed by atoms with Crippen LogP contribution >= 0.6 is 0 Å². The number of hydrogen-bond acceptors (Lipinski definition) is 6. The Morgan fingerprint density at radius 3 is 2.92 bits per heavy atom. The molecule has 7 heteroatoms. The highest BCUT2D eigenvalue weighted by molar-refractivity contribution is 5.97. The van der Waals surface area contributed by atoms with E-state index in [0.717, 1.165) is 5.39 Å². The molecule has 0 aliphatic rings. The lowest BCUT2D eigenvalue weighted by Crippen LogP contribution is -2.22. The molecule has 7 nitrogen and oxygen atoms in total. The van der Waals surface area contributed by atoms with Gasteiger partial charge in [0.25, 0.3) is 5.91 Å². The fourth-order valence-electron chi connectivity index (χ4n) is 2.50. The molecule has 0 aliphatic carbocycles. The van der Waals surface area contributed by atoms with E-state index in [1.165, 1.54) is 0 Å². The summed E-state index contributed by atoms with van der Waals surface area (Å²) in [6.45, 7) is 0.206. The number of para-hydroxylation sites is 1. The summed E-state index contributed by atoms with van der Waals surface area (Å²) >= 11 is 0. The van der Waals surface area contributed by atoms with E-state index in [1.807, 2.05) is 12.1 Å². The fourth-order valence-corrected chi connectivity index (χ4v) is 2.50. The van der Waals surface area contributed by atoms with Crippen LogP contribution in [0.15, 0.2) is 62.1 Å². The topological polar surface area (TPSA) is 90.6 Å². The normalized spacial score (nSPS) is 10.9. The van der Waals surface area contributed by atoms with Crippen molar-refractivity contribution >= 4 is 16.9 Å². The Balaban J connectivity index is 1.47. The van der Waals surface area contributed by atoms with Crippen molar-refractivity contribution in [3.8, 4) is 17.3 Å². The van der Waals surface area contributed by atoms with E-state index in [1.54, 1.807) is 43.7 Å². The monoisotopic (exact) mass is 338 g/mol. The Bertz CT molecular complexity index is 1010. The zero-order chi connectivity index (χ0) is 17.2. The maximum atomic E-state index is 12.3. The van der Waals surface area contributed by atoms with Gasteiger partial charge in [0.2, 0.25) is 5.76 Å². The number of carbonyl (C=O) groups excluding carboxylic acids is 1. The molecule has 4 rings (SSSR count). The number of methoxy groups -OCH3 is 1. The van der Waals surface area contributed by atoms with Crippen molar-refractivity contribution in [3.63, 3.8) is 0 Å². The van der Waals surface area contributed by atoms with Crippen LogP contribution in [0.3, 0.4) is 0 Å². The zero-order valence-electron chi connectivity index (χ0n) is 13.3. The first kappa shape index (κ1) is 15.1. The van der Waals surface area contributed by atoms with Gasteiger partial charge in [0.1, 0.15) is 5.69 Å². The third kappa shape index (κ3) is 2.87. The average Bonchev–Trinajstić information content (AvgIpc) is 3.38. The Hall–Kier alpha value is -3.48. The number of nitrogens with zero attached hydrogens (tertiary/aromatic N) is 1. The first-order chi connectivity index (χ1) is 12.2.